The molecule has 0 radical (unpaired) electrons. The first-order chi connectivity index (χ1) is 15.0. The molecule has 0 fully saturated rings. The van der Waals surface area contributed by atoms with Crippen molar-refractivity contribution in [2.24, 2.45) is 0 Å². The van der Waals surface area contributed by atoms with Gasteiger partial charge < -0.3 is 0 Å². The molecule has 0 aromatic heterocycles. The van der Waals surface area contributed by atoms with E-state index in [1.54, 1.807) is 0 Å². The summed E-state index contributed by atoms with van der Waals surface area (Å²) in [5.41, 5.74) is 0. The maximum Gasteiger partial charge on any atom is -0.0348 e. The minimum Gasteiger partial charge on any atom is -0.0845 e. The smallest absolute Gasteiger partial charge is 0.0348 e. The molecule has 0 spiro atoms. The zero-order chi connectivity index (χ0) is 21.2. The molecule has 0 saturated carbocycles. The average molecular weight is 403 g/mol. The molecule has 0 heterocycles. The molecule has 0 aliphatic heterocycles. The molecule has 0 nitrogen and oxygen atoms in total. The van der Waals surface area contributed by atoms with Crippen molar-refractivity contribution in [3.8, 4) is 0 Å². The third kappa shape index (κ3) is 20.4. The first-order valence-electron chi connectivity index (χ1n) is 12.0. The Morgan fingerprint density at radius 2 is 0.400 bits per heavy atom. The molecule has 0 bridgehead atoms. The Balaban J connectivity index is 2.38. The summed E-state index contributed by atoms with van der Waals surface area (Å²) in [4.78, 5) is 0. The number of hydrogen-bond donors (Lipinski definition) is 0. The predicted molar refractivity (Wildman–Crippen MR) is 138 cm³/mol. The standard InChI is InChI=1S/C30H42/c1-2-4-6-8-10-12-14-16-18-20-22-24-26-28-30-29-27-25-23-21-19-17-15-13-11-9-7-5-3-1/h1-18H,19-30H2. The van der Waals surface area contributed by atoms with E-state index in [0.29, 0.717) is 0 Å². The third-order valence-corrected chi connectivity index (χ3v) is 4.93. The zero-order valence-corrected chi connectivity index (χ0v) is 18.9. The van der Waals surface area contributed by atoms with Gasteiger partial charge in [0.2, 0.25) is 0 Å². The summed E-state index contributed by atoms with van der Waals surface area (Å²) < 4.78 is 0. The Morgan fingerprint density at radius 3 is 0.667 bits per heavy atom. The number of allylic oxidation sites excluding steroid dienone is 18. The fourth-order valence-corrected chi connectivity index (χ4v) is 3.19. The monoisotopic (exact) mass is 402 g/mol. The molecule has 0 aromatic rings. The van der Waals surface area contributed by atoms with E-state index >= 15 is 0 Å². The first kappa shape index (κ1) is 25.7. The summed E-state index contributed by atoms with van der Waals surface area (Å²) in [5, 5.41) is 0. The van der Waals surface area contributed by atoms with E-state index in [2.05, 4.69) is 72.9 Å². The minimum absolute atomic E-state index is 1.20. The molecule has 1 aliphatic rings. The van der Waals surface area contributed by atoms with Crippen molar-refractivity contribution in [2.75, 3.05) is 0 Å². The SMILES string of the molecule is C1=CC=CC=CC=CC=CCCCCCCCCCCCCC=CC=CC=CC=C1. The lowest BCUT2D eigenvalue weighted by atomic mass is 10.0. The molecular weight excluding hydrogens is 360 g/mol. The predicted octanol–water partition coefficient (Wildman–Crippen LogP) is 9.69. The molecule has 0 atom stereocenters. The van der Waals surface area contributed by atoms with Crippen molar-refractivity contribution < 1.29 is 0 Å². The van der Waals surface area contributed by atoms with Crippen LogP contribution in [0.1, 0.15) is 77.0 Å². The Labute approximate surface area is 186 Å². The van der Waals surface area contributed by atoms with Crippen LogP contribution in [0.5, 0.6) is 0 Å². The highest BCUT2D eigenvalue weighted by atomic mass is 14.0. The van der Waals surface area contributed by atoms with Crippen molar-refractivity contribution in [1.82, 2.24) is 0 Å². The van der Waals surface area contributed by atoms with Crippen molar-refractivity contribution >= 4 is 0 Å². The van der Waals surface area contributed by atoms with E-state index in [0.717, 1.165) is 0 Å². The van der Waals surface area contributed by atoms with Crippen LogP contribution < -0.4 is 0 Å². The largest absolute Gasteiger partial charge is 0.0845 e. The highest BCUT2D eigenvalue weighted by Crippen LogP contribution is 2.12. The van der Waals surface area contributed by atoms with Gasteiger partial charge in [0.25, 0.3) is 0 Å². The zero-order valence-electron chi connectivity index (χ0n) is 18.9. The minimum atomic E-state index is 1.20. The molecule has 162 valence electrons. The maximum absolute atomic E-state index is 2.29. The van der Waals surface area contributed by atoms with Gasteiger partial charge in [0.1, 0.15) is 0 Å². The molecule has 0 aromatic carbocycles. The number of hydrogen-bond acceptors (Lipinski definition) is 0. The van der Waals surface area contributed by atoms with Crippen LogP contribution in [0.15, 0.2) is 109 Å². The van der Waals surface area contributed by atoms with Crippen LogP contribution in [0.2, 0.25) is 0 Å². The maximum atomic E-state index is 2.29. The van der Waals surface area contributed by atoms with Gasteiger partial charge in [-0.2, -0.15) is 0 Å². The molecule has 30 heavy (non-hydrogen) atoms. The van der Waals surface area contributed by atoms with E-state index in [1.165, 1.54) is 77.0 Å². The van der Waals surface area contributed by atoms with Gasteiger partial charge in [0.15, 0.2) is 0 Å². The highest BCUT2D eigenvalue weighted by molar-refractivity contribution is 5.21. The van der Waals surface area contributed by atoms with Gasteiger partial charge in [-0.25, -0.2) is 0 Å². The molecule has 0 amide bonds. The van der Waals surface area contributed by atoms with Gasteiger partial charge in [-0.3, -0.25) is 0 Å². The van der Waals surface area contributed by atoms with E-state index < -0.39 is 0 Å². The summed E-state index contributed by atoms with van der Waals surface area (Å²) in [5.74, 6) is 0. The van der Waals surface area contributed by atoms with Gasteiger partial charge >= 0.3 is 0 Å². The molecular formula is C30H42. The molecule has 0 saturated heterocycles. The highest BCUT2D eigenvalue weighted by Gasteiger charge is 1.92. The van der Waals surface area contributed by atoms with Crippen LogP contribution in [0, 0.1) is 0 Å². The fraction of sp³-hybridized carbons (Fsp3) is 0.400. The molecule has 1 rings (SSSR count). The lowest BCUT2D eigenvalue weighted by Crippen LogP contribution is -1.82. The Morgan fingerprint density at radius 1 is 0.200 bits per heavy atom. The Hall–Kier alpha value is -2.34. The fourth-order valence-electron chi connectivity index (χ4n) is 3.19. The summed E-state index contributed by atoms with van der Waals surface area (Å²) in [7, 11) is 0. The second-order valence-corrected chi connectivity index (χ2v) is 7.66. The summed E-state index contributed by atoms with van der Waals surface area (Å²) in [6, 6.07) is 0. The van der Waals surface area contributed by atoms with Crippen LogP contribution in [0.4, 0.5) is 0 Å². The molecule has 0 unspecified atom stereocenters. The first-order valence-corrected chi connectivity index (χ1v) is 12.0. The quantitative estimate of drug-likeness (QED) is 0.378. The van der Waals surface area contributed by atoms with Crippen molar-refractivity contribution in [3.63, 3.8) is 0 Å². The second-order valence-electron chi connectivity index (χ2n) is 7.66. The Bertz CT molecular complexity index is 573. The van der Waals surface area contributed by atoms with Gasteiger partial charge in [0.05, 0.1) is 0 Å². The van der Waals surface area contributed by atoms with Gasteiger partial charge in [-0.15, -0.1) is 0 Å². The van der Waals surface area contributed by atoms with E-state index in [9.17, 15) is 0 Å². The average Bonchev–Trinajstić information content (AvgIpc) is 2.76. The molecule has 0 N–H and O–H groups in total. The van der Waals surface area contributed by atoms with Crippen LogP contribution in [0.3, 0.4) is 0 Å². The normalized spacial score (nSPS) is 19.2. The molecule has 1 aliphatic carbocycles. The van der Waals surface area contributed by atoms with Gasteiger partial charge in [-0.1, -0.05) is 161 Å². The van der Waals surface area contributed by atoms with Crippen molar-refractivity contribution in [3.05, 3.63) is 109 Å². The number of rotatable bonds is 0. The lowest BCUT2D eigenvalue weighted by molar-refractivity contribution is 0.553. The topological polar surface area (TPSA) is 0 Å². The van der Waals surface area contributed by atoms with Crippen LogP contribution >= 0.6 is 0 Å². The lowest BCUT2D eigenvalue weighted by Gasteiger charge is -2.01. The van der Waals surface area contributed by atoms with E-state index in [4.69, 9.17) is 0 Å². The molecule has 0 heteroatoms. The van der Waals surface area contributed by atoms with Crippen LogP contribution in [-0.4, -0.2) is 0 Å². The van der Waals surface area contributed by atoms with Crippen molar-refractivity contribution in [1.29, 1.82) is 0 Å². The summed E-state index contributed by atoms with van der Waals surface area (Å²) in [6.45, 7) is 0. The van der Waals surface area contributed by atoms with Crippen molar-refractivity contribution in [2.45, 2.75) is 77.0 Å². The summed E-state index contributed by atoms with van der Waals surface area (Å²) >= 11 is 0. The van der Waals surface area contributed by atoms with Crippen LogP contribution in [-0.2, 0) is 0 Å². The van der Waals surface area contributed by atoms with Gasteiger partial charge in [-0.05, 0) is 25.7 Å². The third-order valence-electron chi connectivity index (χ3n) is 4.93. The van der Waals surface area contributed by atoms with E-state index in [-0.39, 0.29) is 0 Å². The van der Waals surface area contributed by atoms with Gasteiger partial charge in [0, 0.05) is 0 Å². The Kier molecular flexibility index (Phi) is 19.7. The van der Waals surface area contributed by atoms with Crippen LogP contribution in [0.25, 0.3) is 0 Å². The second kappa shape index (κ2) is 22.9. The summed E-state index contributed by atoms with van der Waals surface area (Å²) in [6.07, 6.45) is 54.0. The van der Waals surface area contributed by atoms with E-state index in [1.807, 2.05) is 36.5 Å².